The summed E-state index contributed by atoms with van der Waals surface area (Å²) in [7, 11) is 3.38. The van der Waals surface area contributed by atoms with Gasteiger partial charge in [-0.2, -0.15) is 0 Å². The van der Waals surface area contributed by atoms with Crippen LogP contribution in [-0.4, -0.2) is 36.9 Å². The summed E-state index contributed by atoms with van der Waals surface area (Å²) in [4.78, 5) is 25.7. The molecule has 21 heavy (non-hydrogen) atoms. The Kier molecular flexibility index (Phi) is 5.12. The molecule has 0 heterocycles. The van der Waals surface area contributed by atoms with Crippen molar-refractivity contribution < 1.29 is 9.59 Å². The van der Waals surface area contributed by atoms with Gasteiger partial charge in [-0.3, -0.25) is 9.59 Å². The van der Waals surface area contributed by atoms with Gasteiger partial charge in [0.1, 0.15) is 0 Å². The number of carbonyl (C=O) groups is 2. The molecule has 0 saturated carbocycles. The highest BCUT2D eigenvalue weighted by Crippen LogP contribution is 2.21. The summed E-state index contributed by atoms with van der Waals surface area (Å²) in [5, 5.41) is 2.82. The molecule has 1 aromatic carbocycles. The molecule has 1 rings (SSSR count). The van der Waals surface area contributed by atoms with Gasteiger partial charge in [0.25, 0.3) is 5.91 Å². The number of anilines is 1. The maximum absolute atomic E-state index is 12.2. The van der Waals surface area contributed by atoms with E-state index in [1.54, 1.807) is 26.2 Å². The Morgan fingerprint density at radius 1 is 1.24 bits per heavy atom. The van der Waals surface area contributed by atoms with E-state index in [4.69, 9.17) is 5.73 Å². The minimum atomic E-state index is -0.620. The summed E-state index contributed by atoms with van der Waals surface area (Å²) in [6.45, 7) is 7.62. The molecule has 0 spiro atoms. The van der Waals surface area contributed by atoms with Crippen molar-refractivity contribution in [3.8, 4) is 0 Å². The number of hydrogen-bond donors (Lipinski definition) is 2. The van der Waals surface area contributed by atoms with Crippen LogP contribution in [0.2, 0.25) is 0 Å². The quantitative estimate of drug-likeness (QED) is 0.894. The van der Waals surface area contributed by atoms with E-state index in [1.807, 2.05) is 33.8 Å². The maximum Gasteiger partial charge on any atom is 0.253 e. The van der Waals surface area contributed by atoms with Gasteiger partial charge in [0.15, 0.2) is 0 Å². The number of carbonyl (C=O) groups excluding carboxylic acids is 2. The van der Waals surface area contributed by atoms with Crippen LogP contribution in [0.15, 0.2) is 18.2 Å². The standard InChI is InChI=1S/C16H25N3O2/c1-10-7-8-11(15(21)19(5)6)9-12(10)18-14(20)13(17)16(2,3)4/h7-9,13H,17H2,1-6H3,(H,18,20). The second-order valence-electron chi connectivity index (χ2n) is 6.56. The SMILES string of the molecule is Cc1ccc(C(=O)N(C)C)cc1NC(=O)C(N)C(C)(C)C. The largest absolute Gasteiger partial charge is 0.345 e. The van der Waals surface area contributed by atoms with E-state index in [0.29, 0.717) is 11.3 Å². The van der Waals surface area contributed by atoms with E-state index in [1.165, 1.54) is 4.90 Å². The number of hydrogen-bond acceptors (Lipinski definition) is 3. The van der Waals surface area contributed by atoms with Crippen molar-refractivity contribution in [3.63, 3.8) is 0 Å². The molecule has 0 radical (unpaired) electrons. The molecule has 5 nitrogen and oxygen atoms in total. The van der Waals surface area contributed by atoms with Gasteiger partial charge in [-0.25, -0.2) is 0 Å². The number of nitrogens with zero attached hydrogens (tertiary/aromatic N) is 1. The number of nitrogens with one attached hydrogen (secondary N) is 1. The summed E-state index contributed by atoms with van der Waals surface area (Å²) in [6.07, 6.45) is 0. The van der Waals surface area contributed by atoms with Crippen LogP contribution in [0.25, 0.3) is 0 Å². The van der Waals surface area contributed by atoms with Crippen molar-refractivity contribution in [1.82, 2.24) is 4.90 Å². The fourth-order valence-corrected chi connectivity index (χ4v) is 1.75. The highest BCUT2D eigenvalue weighted by molar-refractivity contribution is 5.99. The third kappa shape index (κ3) is 4.29. The first-order valence-electron chi connectivity index (χ1n) is 6.92. The molecule has 0 aliphatic rings. The van der Waals surface area contributed by atoms with Gasteiger partial charge < -0.3 is 16.0 Å². The summed E-state index contributed by atoms with van der Waals surface area (Å²) in [5.41, 5.74) is 7.67. The predicted octanol–water partition coefficient (Wildman–Crippen LogP) is 2.01. The number of benzene rings is 1. The maximum atomic E-state index is 12.2. The van der Waals surface area contributed by atoms with Gasteiger partial charge in [-0.15, -0.1) is 0 Å². The summed E-state index contributed by atoms with van der Waals surface area (Å²) in [6, 6.07) is 4.63. The van der Waals surface area contributed by atoms with E-state index in [9.17, 15) is 9.59 Å². The predicted molar refractivity (Wildman–Crippen MR) is 85.3 cm³/mol. The first-order chi connectivity index (χ1) is 9.54. The van der Waals surface area contributed by atoms with Crippen molar-refractivity contribution >= 4 is 17.5 Å². The fourth-order valence-electron chi connectivity index (χ4n) is 1.75. The highest BCUT2D eigenvalue weighted by Gasteiger charge is 2.27. The van der Waals surface area contributed by atoms with Gasteiger partial charge >= 0.3 is 0 Å². The van der Waals surface area contributed by atoms with E-state index >= 15 is 0 Å². The van der Waals surface area contributed by atoms with Crippen LogP contribution in [0.3, 0.4) is 0 Å². The molecule has 0 aliphatic carbocycles. The smallest absolute Gasteiger partial charge is 0.253 e. The molecule has 0 bridgehead atoms. The number of aryl methyl sites for hydroxylation is 1. The van der Waals surface area contributed by atoms with Crippen molar-refractivity contribution in [1.29, 1.82) is 0 Å². The first kappa shape index (κ1) is 17.2. The molecule has 3 N–H and O–H groups in total. The Bertz CT molecular complexity index is 545. The van der Waals surface area contributed by atoms with E-state index in [0.717, 1.165) is 5.56 Å². The average Bonchev–Trinajstić information content (AvgIpc) is 2.38. The lowest BCUT2D eigenvalue weighted by atomic mass is 9.87. The van der Waals surface area contributed by atoms with Crippen molar-refractivity contribution in [2.75, 3.05) is 19.4 Å². The summed E-state index contributed by atoms with van der Waals surface area (Å²) >= 11 is 0. The Morgan fingerprint density at radius 2 is 1.81 bits per heavy atom. The van der Waals surface area contributed by atoms with E-state index in [-0.39, 0.29) is 17.2 Å². The molecule has 2 amide bonds. The fraction of sp³-hybridized carbons (Fsp3) is 0.500. The molecule has 0 aromatic heterocycles. The van der Waals surface area contributed by atoms with Gasteiger partial charge in [0.2, 0.25) is 5.91 Å². The summed E-state index contributed by atoms with van der Waals surface area (Å²) in [5.74, 6) is -0.356. The molecule has 0 fully saturated rings. The number of rotatable bonds is 3. The Labute approximate surface area is 126 Å². The zero-order valence-electron chi connectivity index (χ0n) is 13.7. The number of amides is 2. The molecule has 1 unspecified atom stereocenters. The monoisotopic (exact) mass is 291 g/mol. The van der Waals surface area contributed by atoms with Gasteiger partial charge in [0.05, 0.1) is 6.04 Å². The van der Waals surface area contributed by atoms with Crippen LogP contribution in [0.5, 0.6) is 0 Å². The zero-order valence-corrected chi connectivity index (χ0v) is 13.7. The van der Waals surface area contributed by atoms with Crippen molar-refractivity contribution in [2.45, 2.75) is 33.7 Å². The Hall–Kier alpha value is -1.88. The van der Waals surface area contributed by atoms with Gasteiger partial charge in [0, 0.05) is 25.3 Å². The van der Waals surface area contributed by atoms with Crippen LogP contribution in [0, 0.1) is 12.3 Å². The average molecular weight is 291 g/mol. The Morgan fingerprint density at radius 3 is 2.29 bits per heavy atom. The first-order valence-corrected chi connectivity index (χ1v) is 6.92. The minimum Gasteiger partial charge on any atom is -0.345 e. The van der Waals surface area contributed by atoms with Crippen LogP contribution in [0.1, 0.15) is 36.7 Å². The van der Waals surface area contributed by atoms with E-state index in [2.05, 4.69) is 5.32 Å². The van der Waals surface area contributed by atoms with Crippen molar-refractivity contribution in [2.24, 2.45) is 11.1 Å². The molecule has 0 aliphatic heterocycles. The third-order valence-corrected chi connectivity index (χ3v) is 3.36. The molecule has 0 saturated heterocycles. The topological polar surface area (TPSA) is 75.4 Å². The normalized spacial score (nSPS) is 12.7. The van der Waals surface area contributed by atoms with Crippen LogP contribution in [-0.2, 0) is 4.79 Å². The van der Waals surface area contributed by atoms with Gasteiger partial charge in [-0.05, 0) is 30.0 Å². The molecule has 1 aromatic rings. The lowest BCUT2D eigenvalue weighted by Crippen LogP contribution is -2.45. The second-order valence-corrected chi connectivity index (χ2v) is 6.56. The highest BCUT2D eigenvalue weighted by atomic mass is 16.2. The minimum absolute atomic E-state index is 0.106. The summed E-state index contributed by atoms with van der Waals surface area (Å²) < 4.78 is 0. The molecular weight excluding hydrogens is 266 g/mol. The zero-order chi connectivity index (χ0) is 16.4. The van der Waals surface area contributed by atoms with Crippen LogP contribution >= 0.6 is 0 Å². The lowest BCUT2D eigenvalue weighted by molar-refractivity contribution is -0.119. The Balaban J connectivity index is 3.01. The van der Waals surface area contributed by atoms with Crippen LogP contribution < -0.4 is 11.1 Å². The lowest BCUT2D eigenvalue weighted by Gasteiger charge is -2.26. The molecule has 5 heteroatoms. The molecule has 116 valence electrons. The van der Waals surface area contributed by atoms with Crippen molar-refractivity contribution in [3.05, 3.63) is 29.3 Å². The van der Waals surface area contributed by atoms with Gasteiger partial charge in [-0.1, -0.05) is 26.8 Å². The molecule has 1 atom stereocenters. The van der Waals surface area contributed by atoms with E-state index < -0.39 is 6.04 Å². The number of nitrogens with two attached hydrogens (primary N) is 1. The third-order valence-electron chi connectivity index (χ3n) is 3.36. The van der Waals surface area contributed by atoms with Crippen LogP contribution in [0.4, 0.5) is 5.69 Å². The molecular formula is C16H25N3O2. The second kappa shape index (κ2) is 6.26.